The van der Waals surface area contributed by atoms with Crippen LogP contribution in [0.25, 0.3) is 6.08 Å². The monoisotopic (exact) mass is 488 g/mol. The van der Waals surface area contributed by atoms with Crippen LogP contribution in [0, 0.1) is 6.92 Å². The van der Waals surface area contributed by atoms with E-state index in [0.29, 0.717) is 5.92 Å². The fraction of sp³-hybridized carbons (Fsp3) is 0.136. The maximum Gasteiger partial charge on any atom is -1.00 e. The zero-order valence-corrected chi connectivity index (χ0v) is 19.8. The number of halogens is 2. The molecule has 1 aromatic heterocycles. The Bertz CT molecular complexity index is 995. The van der Waals surface area contributed by atoms with Crippen molar-refractivity contribution >= 4 is 23.1 Å². The summed E-state index contributed by atoms with van der Waals surface area (Å²) in [7, 11) is 0. The Balaban J connectivity index is 0.000000205. The second-order valence-corrected chi connectivity index (χ2v) is 9.11. The van der Waals surface area contributed by atoms with Crippen LogP contribution in [0.1, 0.15) is 33.7 Å². The number of aryl methyl sites for hydroxylation is 1. The van der Waals surface area contributed by atoms with Crippen molar-refractivity contribution in [2.75, 3.05) is 0 Å². The van der Waals surface area contributed by atoms with Crippen LogP contribution in [0.15, 0.2) is 80.2 Å². The van der Waals surface area contributed by atoms with Gasteiger partial charge in [-0.3, -0.25) is 4.99 Å². The average Bonchev–Trinajstić information content (AvgIpc) is 3.31. The molecule has 2 heterocycles. The summed E-state index contributed by atoms with van der Waals surface area (Å²) < 4.78 is 1.55. The van der Waals surface area contributed by atoms with Crippen LogP contribution in [-0.2, 0) is 24.7 Å². The molecule has 3 aliphatic rings. The van der Waals surface area contributed by atoms with E-state index in [0.717, 1.165) is 11.4 Å². The first-order valence-electron chi connectivity index (χ1n) is 8.36. The summed E-state index contributed by atoms with van der Waals surface area (Å²) in [6.07, 6.45) is 10.6. The molecule has 1 aliphatic heterocycles. The molecule has 2 aromatic rings. The van der Waals surface area contributed by atoms with Crippen LogP contribution >= 0.6 is 11.3 Å². The zero-order chi connectivity index (χ0) is 17.4. The molecule has 0 N–H and O–H groups in total. The molecule has 0 saturated heterocycles. The Labute approximate surface area is 192 Å². The smallest absolute Gasteiger partial charge is 1.00 e. The minimum Gasteiger partial charge on any atom is -1.00 e. The predicted octanol–water partition coefficient (Wildman–Crippen LogP) is -0.0613. The number of thiophene rings is 1. The van der Waals surface area contributed by atoms with Crippen molar-refractivity contribution < 1.29 is 49.5 Å². The summed E-state index contributed by atoms with van der Waals surface area (Å²) in [5, 5.41) is 0. The second-order valence-electron chi connectivity index (χ2n) is 6.37. The summed E-state index contributed by atoms with van der Waals surface area (Å²) in [5.41, 5.74) is 6.38. The topological polar surface area (TPSA) is 12.4 Å². The van der Waals surface area contributed by atoms with Gasteiger partial charge in [0.15, 0.2) is 0 Å². The molecule has 0 amide bonds. The third-order valence-electron chi connectivity index (χ3n) is 4.46. The Morgan fingerprint density at radius 1 is 1.00 bits per heavy atom. The van der Waals surface area contributed by atoms with Gasteiger partial charge in [0.1, 0.15) is 0 Å². The molecule has 0 bridgehead atoms. The van der Waals surface area contributed by atoms with Crippen molar-refractivity contribution in [3.8, 4) is 0 Å². The van der Waals surface area contributed by atoms with Crippen LogP contribution in [-0.4, -0.2) is 5.71 Å². The van der Waals surface area contributed by atoms with Gasteiger partial charge in [-0.2, -0.15) is 0 Å². The molecule has 2 aliphatic carbocycles. The first kappa shape index (κ1) is 22.3. The first-order chi connectivity index (χ1) is 12.1. The van der Waals surface area contributed by atoms with Gasteiger partial charge in [0, 0.05) is 11.3 Å². The maximum atomic E-state index is 4.27. The number of allylic oxidation sites excluding steroid dienone is 5. The SMILES string of the molecule is CC1=NC2=CC=CC2=C1.Cc1ccc(C2[C]([Zr+2])=Cc3ccccc32)s1.[Cl-].[Cl-]. The Morgan fingerprint density at radius 2 is 1.78 bits per heavy atom. The van der Waals surface area contributed by atoms with Gasteiger partial charge in [-0.25, -0.2) is 0 Å². The van der Waals surface area contributed by atoms with E-state index in [9.17, 15) is 0 Å². The maximum absolute atomic E-state index is 4.27. The number of hydrogen-bond acceptors (Lipinski definition) is 2. The average molecular weight is 491 g/mol. The second kappa shape index (κ2) is 9.48. The van der Waals surface area contributed by atoms with Gasteiger partial charge >= 0.3 is 116 Å². The number of rotatable bonds is 1. The molecule has 1 aromatic carbocycles. The van der Waals surface area contributed by atoms with Crippen LogP contribution in [0.4, 0.5) is 0 Å². The molecule has 0 saturated carbocycles. The molecule has 0 radical (unpaired) electrons. The van der Waals surface area contributed by atoms with E-state index in [4.69, 9.17) is 0 Å². The number of hydrogen-bond donors (Lipinski definition) is 0. The Morgan fingerprint density at radius 3 is 2.48 bits per heavy atom. The molecule has 1 nitrogen and oxygen atoms in total. The van der Waals surface area contributed by atoms with Crippen molar-refractivity contribution in [2.24, 2.45) is 4.99 Å². The summed E-state index contributed by atoms with van der Waals surface area (Å²) in [6, 6.07) is 13.3. The van der Waals surface area contributed by atoms with E-state index in [1.807, 2.05) is 30.4 Å². The molecule has 5 heteroatoms. The summed E-state index contributed by atoms with van der Waals surface area (Å²) in [4.78, 5) is 7.17. The third kappa shape index (κ3) is 4.71. The van der Waals surface area contributed by atoms with Crippen molar-refractivity contribution in [3.63, 3.8) is 0 Å². The molecular formula is C22H18Cl2NSZr. The molecule has 27 heavy (non-hydrogen) atoms. The molecule has 0 spiro atoms. The van der Waals surface area contributed by atoms with E-state index < -0.39 is 0 Å². The van der Waals surface area contributed by atoms with Gasteiger partial charge in [-0.05, 0) is 19.1 Å². The summed E-state index contributed by atoms with van der Waals surface area (Å²) >= 11 is 3.46. The summed E-state index contributed by atoms with van der Waals surface area (Å²) in [6.45, 7) is 4.20. The quantitative estimate of drug-likeness (QED) is 0.531. The van der Waals surface area contributed by atoms with Crippen LogP contribution < -0.4 is 24.8 Å². The van der Waals surface area contributed by atoms with Gasteiger partial charge < -0.3 is 24.8 Å². The number of benzene rings is 1. The van der Waals surface area contributed by atoms with Crippen molar-refractivity contribution in [1.29, 1.82) is 0 Å². The normalized spacial score (nSPS) is 18.0. The van der Waals surface area contributed by atoms with E-state index in [2.05, 4.69) is 66.5 Å². The van der Waals surface area contributed by atoms with Crippen LogP contribution in [0.5, 0.6) is 0 Å². The van der Waals surface area contributed by atoms with E-state index >= 15 is 0 Å². The number of fused-ring (bicyclic) bond motifs is 2. The van der Waals surface area contributed by atoms with Crippen LogP contribution in [0.2, 0.25) is 0 Å². The largest absolute Gasteiger partial charge is 1.00 e. The van der Waals surface area contributed by atoms with Gasteiger partial charge in [0.2, 0.25) is 0 Å². The van der Waals surface area contributed by atoms with Crippen LogP contribution in [0.3, 0.4) is 0 Å². The third-order valence-corrected chi connectivity index (χ3v) is 6.59. The number of aliphatic imine (C=N–C) groups is 1. The predicted molar refractivity (Wildman–Crippen MR) is 104 cm³/mol. The van der Waals surface area contributed by atoms with Crippen molar-refractivity contribution in [2.45, 2.75) is 19.8 Å². The van der Waals surface area contributed by atoms with Gasteiger partial charge in [-0.15, -0.1) is 0 Å². The van der Waals surface area contributed by atoms with E-state index in [-0.39, 0.29) is 24.8 Å². The van der Waals surface area contributed by atoms with Gasteiger partial charge in [0.05, 0.1) is 5.70 Å². The van der Waals surface area contributed by atoms with Crippen molar-refractivity contribution in [1.82, 2.24) is 0 Å². The molecule has 1 unspecified atom stereocenters. The van der Waals surface area contributed by atoms with E-state index in [1.165, 1.54) is 51.2 Å². The minimum absolute atomic E-state index is 0. The molecule has 0 fully saturated rings. The van der Waals surface area contributed by atoms with E-state index in [1.54, 1.807) is 3.28 Å². The summed E-state index contributed by atoms with van der Waals surface area (Å²) in [5.74, 6) is 0.535. The standard InChI is InChI=1S/C14H11S.C8H7N.2ClH.Zr/c1-10-6-9-14(15-10)13-8-7-11-4-2-3-5-12(11)13;1-6-5-7-3-2-4-8(7)9-6;;;/h2-7,9,13H,1H3;2-5H,1H3;2*1H;/q;;;;+2/p-2. The first-order valence-corrected chi connectivity index (χ1v) is 10.4. The Kier molecular flexibility index (Phi) is 7.83. The minimum atomic E-state index is 0. The molecule has 5 rings (SSSR count). The molecule has 135 valence electrons. The van der Waals surface area contributed by atoms with Gasteiger partial charge in [-0.1, -0.05) is 12.2 Å². The van der Waals surface area contributed by atoms with Gasteiger partial charge in [0.25, 0.3) is 0 Å². The fourth-order valence-electron chi connectivity index (χ4n) is 3.33. The molecular weight excluding hydrogens is 472 g/mol. The van der Waals surface area contributed by atoms with Crippen molar-refractivity contribution in [3.05, 3.63) is 96.1 Å². The number of nitrogens with zero attached hydrogens (tertiary/aromatic N) is 1. The fourth-order valence-corrected chi connectivity index (χ4v) is 5.75. The zero-order valence-electron chi connectivity index (χ0n) is 15.0. The molecule has 1 atom stereocenters. The Hall–Kier alpha value is -0.987.